The van der Waals surface area contributed by atoms with Gasteiger partial charge in [0.05, 0.1) is 0 Å². The van der Waals surface area contributed by atoms with Crippen LogP contribution in [0.2, 0.25) is 8.45 Å². The van der Waals surface area contributed by atoms with Crippen LogP contribution >= 0.6 is 37.2 Å². The zero-order valence-corrected chi connectivity index (χ0v) is 14.4. The maximum absolute atomic E-state index is 5.71. The van der Waals surface area contributed by atoms with Crippen molar-refractivity contribution < 1.29 is 31.5 Å². The van der Waals surface area contributed by atoms with Gasteiger partial charge in [0, 0.05) is 0 Å². The first-order chi connectivity index (χ1) is 7.61. The van der Waals surface area contributed by atoms with Crippen LogP contribution in [0.25, 0.3) is 0 Å². The average molecular weight is 368 g/mol. The first-order valence-corrected chi connectivity index (χ1v) is 15.1. The summed E-state index contributed by atoms with van der Waals surface area (Å²) in [4.78, 5) is 0. The molecule has 0 heterocycles. The summed E-state index contributed by atoms with van der Waals surface area (Å²) in [6.07, 6.45) is 16.2. The van der Waals surface area contributed by atoms with Gasteiger partial charge in [0.1, 0.15) is 0 Å². The molecule has 0 aromatic heterocycles. The molecule has 0 aromatic rings. The van der Waals surface area contributed by atoms with Crippen LogP contribution in [0.5, 0.6) is 0 Å². The Morgan fingerprint density at radius 1 is 0.562 bits per heavy atom. The summed E-state index contributed by atoms with van der Waals surface area (Å²) in [6, 6.07) is 0. The summed E-state index contributed by atoms with van der Waals surface area (Å²) in [5, 5.41) is 0. The van der Waals surface area contributed by atoms with Crippen LogP contribution in [-0.4, -0.2) is 0 Å². The van der Waals surface area contributed by atoms with Crippen molar-refractivity contribution >= 4 is 37.2 Å². The predicted molar refractivity (Wildman–Crippen MR) is 67.5 cm³/mol. The van der Waals surface area contributed by atoms with Gasteiger partial charge in [-0.3, -0.25) is 0 Å². The van der Waals surface area contributed by atoms with Crippen molar-refractivity contribution in [3.8, 4) is 0 Å². The molecule has 0 radical (unpaired) electrons. The Hall–Kier alpha value is 1.55. The van der Waals surface area contributed by atoms with Crippen molar-refractivity contribution in [1.29, 1.82) is 0 Å². The maximum atomic E-state index is 5.71. The number of hydrogen-bond acceptors (Lipinski definition) is 0. The third-order valence-corrected chi connectivity index (χ3v) is 8.93. The molecule has 0 N–H and O–H groups in total. The fourth-order valence-corrected chi connectivity index (χ4v) is 5.16. The van der Waals surface area contributed by atoms with Crippen molar-refractivity contribution in [1.82, 2.24) is 0 Å². The van der Waals surface area contributed by atoms with Crippen LogP contribution in [0.15, 0.2) is 48.6 Å². The SMILES string of the molecule is [Cl][Ti]([Cl])[CH]1C=CC=C1.[Cl][Ti]([Cl])[CH]1C=CC=C1. The second-order valence-electron chi connectivity index (χ2n) is 3.17. The molecule has 0 aliphatic heterocycles. The molecule has 86 valence electrons. The average Bonchev–Trinajstić information content (AvgIpc) is 2.93. The fraction of sp³-hybridized carbons (Fsp3) is 0.200. The van der Waals surface area contributed by atoms with Crippen molar-refractivity contribution in [2.75, 3.05) is 0 Å². The molecule has 0 nitrogen and oxygen atoms in total. The van der Waals surface area contributed by atoms with Crippen molar-refractivity contribution in [3.05, 3.63) is 48.6 Å². The minimum absolute atomic E-state index is 0.401. The van der Waals surface area contributed by atoms with E-state index in [-0.39, 0.29) is 0 Å². The van der Waals surface area contributed by atoms with Crippen LogP contribution < -0.4 is 0 Å². The zero-order chi connectivity index (χ0) is 12.0. The second-order valence-corrected chi connectivity index (χ2v) is 15.4. The number of allylic oxidation sites excluding steroid dienone is 8. The topological polar surface area (TPSA) is 0 Å². The Bertz CT molecular complexity index is 265. The van der Waals surface area contributed by atoms with Crippen molar-refractivity contribution in [3.63, 3.8) is 0 Å². The molecule has 0 saturated heterocycles. The van der Waals surface area contributed by atoms with Gasteiger partial charge in [-0.25, -0.2) is 0 Å². The standard InChI is InChI=1S/2C5H5.4ClH.2Ti/c2*1-2-4-5-3-1;;;;;;/h2*1-5H;4*1H;;/q;;;;;;2*+2/p-4. The number of halogens is 4. The van der Waals surface area contributed by atoms with Gasteiger partial charge in [-0.05, 0) is 0 Å². The van der Waals surface area contributed by atoms with E-state index in [0.29, 0.717) is 8.45 Å². The van der Waals surface area contributed by atoms with Crippen LogP contribution in [0.1, 0.15) is 0 Å². The van der Waals surface area contributed by atoms with Crippen LogP contribution in [0, 0.1) is 0 Å². The van der Waals surface area contributed by atoms with Crippen molar-refractivity contribution in [2.45, 2.75) is 8.45 Å². The Kier molecular flexibility index (Phi) is 8.40. The van der Waals surface area contributed by atoms with E-state index in [1.807, 2.05) is 24.3 Å². The molecule has 0 unspecified atom stereocenters. The Morgan fingerprint density at radius 2 is 0.812 bits per heavy atom. The van der Waals surface area contributed by atoms with Crippen LogP contribution in [0.4, 0.5) is 0 Å². The normalized spacial score (nSPS) is 17.8. The molecule has 2 aliphatic rings. The van der Waals surface area contributed by atoms with Gasteiger partial charge >= 0.3 is 126 Å². The first kappa shape index (κ1) is 15.6. The Balaban J connectivity index is 0.000000160. The van der Waals surface area contributed by atoms with Gasteiger partial charge in [0.15, 0.2) is 0 Å². The molecule has 0 aromatic carbocycles. The molecular formula is C10H10Cl4Ti2. The van der Waals surface area contributed by atoms with E-state index in [1.54, 1.807) is 0 Å². The van der Waals surface area contributed by atoms with Crippen molar-refractivity contribution in [2.24, 2.45) is 0 Å². The van der Waals surface area contributed by atoms with Crippen LogP contribution in [-0.2, 0) is 31.5 Å². The third kappa shape index (κ3) is 5.93. The Labute approximate surface area is 124 Å². The predicted octanol–water partition coefficient (Wildman–Crippen LogP) is 5.65. The summed E-state index contributed by atoms with van der Waals surface area (Å²) < 4.78 is 0.802. The second kappa shape index (κ2) is 8.62. The van der Waals surface area contributed by atoms with Gasteiger partial charge in [0.2, 0.25) is 0 Å². The molecule has 0 saturated carbocycles. The molecule has 0 fully saturated rings. The first-order valence-electron chi connectivity index (χ1n) is 4.67. The van der Waals surface area contributed by atoms with Gasteiger partial charge in [-0.2, -0.15) is 0 Å². The van der Waals surface area contributed by atoms with E-state index in [4.69, 9.17) is 37.2 Å². The molecule has 2 aliphatic carbocycles. The molecule has 6 heteroatoms. The third-order valence-electron chi connectivity index (χ3n) is 2.00. The molecule has 0 amide bonds. The van der Waals surface area contributed by atoms with E-state index in [2.05, 4.69) is 24.3 Å². The summed E-state index contributed by atoms with van der Waals surface area (Å²) in [5.74, 6) is 0. The van der Waals surface area contributed by atoms with Gasteiger partial charge in [-0.1, -0.05) is 0 Å². The monoisotopic (exact) mass is 366 g/mol. The molecule has 16 heavy (non-hydrogen) atoms. The quantitative estimate of drug-likeness (QED) is 0.553. The molecule has 0 bridgehead atoms. The Morgan fingerprint density at radius 3 is 0.938 bits per heavy atom. The minimum atomic E-state index is -1.69. The molecular weight excluding hydrogens is 358 g/mol. The number of rotatable bonds is 2. The van der Waals surface area contributed by atoms with E-state index in [0.717, 1.165) is 0 Å². The van der Waals surface area contributed by atoms with E-state index >= 15 is 0 Å². The van der Waals surface area contributed by atoms with Gasteiger partial charge in [-0.15, -0.1) is 0 Å². The van der Waals surface area contributed by atoms with Crippen LogP contribution in [0.3, 0.4) is 0 Å². The van der Waals surface area contributed by atoms with Gasteiger partial charge < -0.3 is 0 Å². The summed E-state index contributed by atoms with van der Waals surface area (Å²) in [5.41, 5.74) is 0. The van der Waals surface area contributed by atoms with E-state index in [1.165, 1.54) is 0 Å². The molecule has 0 spiro atoms. The zero-order valence-electron chi connectivity index (χ0n) is 8.29. The molecule has 2 rings (SSSR count). The number of hydrogen-bond donors (Lipinski definition) is 0. The fourth-order valence-electron chi connectivity index (χ4n) is 1.15. The summed E-state index contributed by atoms with van der Waals surface area (Å²) >= 11 is -3.37. The molecule has 0 atom stereocenters. The summed E-state index contributed by atoms with van der Waals surface area (Å²) in [6.45, 7) is 0. The van der Waals surface area contributed by atoms with E-state index in [9.17, 15) is 0 Å². The van der Waals surface area contributed by atoms with Gasteiger partial charge in [0.25, 0.3) is 0 Å². The summed E-state index contributed by atoms with van der Waals surface area (Å²) in [7, 11) is 22.9. The van der Waals surface area contributed by atoms with E-state index < -0.39 is 31.5 Å².